The fraction of sp³-hybridized carbons (Fsp3) is 1.00. The van der Waals surface area contributed by atoms with E-state index in [2.05, 4.69) is 16.2 Å². The maximum absolute atomic E-state index is 13.2. The fourth-order valence-corrected chi connectivity index (χ4v) is 2.12. The summed E-state index contributed by atoms with van der Waals surface area (Å²) >= 11 is 0. The highest BCUT2D eigenvalue weighted by Crippen LogP contribution is 2.37. The molecule has 0 saturated heterocycles. The molecular weight excluding hydrogens is 145 g/mol. The molecule has 0 nitrogen and oxygen atoms in total. The molecule has 1 rings (SSSR count). The van der Waals surface area contributed by atoms with E-state index in [0.717, 1.165) is 6.42 Å². The maximum atomic E-state index is 13.2. The second kappa shape index (κ2) is 3.22. The largest absolute Gasteiger partial charge is 0.247 e. The van der Waals surface area contributed by atoms with Crippen LogP contribution in [0.15, 0.2) is 0 Å². The minimum absolute atomic E-state index is 0.214. The zero-order chi connectivity index (χ0) is 7.72. The SMILES string of the molecule is BC1C(F)C(P)CC[C@@H]1C. The minimum Gasteiger partial charge on any atom is -0.247 e. The van der Waals surface area contributed by atoms with Crippen molar-refractivity contribution in [3.8, 4) is 0 Å². The molecule has 1 fully saturated rings. The molecule has 0 aromatic rings. The first kappa shape index (κ1) is 8.52. The van der Waals surface area contributed by atoms with Crippen LogP contribution in [-0.4, -0.2) is 19.7 Å². The van der Waals surface area contributed by atoms with E-state index in [1.54, 1.807) is 0 Å². The highest BCUT2D eigenvalue weighted by atomic mass is 31.0. The lowest BCUT2D eigenvalue weighted by Crippen LogP contribution is -2.31. The van der Waals surface area contributed by atoms with Gasteiger partial charge in [-0.05, 0) is 18.2 Å². The quantitative estimate of drug-likeness (QED) is 0.371. The van der Waals surface area contributed by atoms with Gasteiger partial charge in [0, 0.05) is 5.66 Å². The molecule has 1 aliphatic rings. The molecule has 0 heterocycles. The van der Waals surface area contributed by atoms with Crippen LogP contribution in [0.4, 0.5) is 4.39 Å². The van der Waals surface area contributed by atoms with Crippen molar-refractivity contribution in [1.29, 1.82) is 0 Å². The first-order valence-corrected chi connectivity index (χ1v) is 4.69. The van der Waals surface area contributed by atoms with E-state index in [-0.39, 0.29) is 11.5 Å². The van der Waals surface area contributed by atoms with Gasteiger partial charge in [0.15, 0.2) is 0 Å². The molecule has 0 amide bonds. The number of halogens is 1. The standard InChI is InChI=1S/C7H15BFP/c1-4-2-3-5(10)7(9)6(4)8/h4-7H,2-3,8,10H2,1H3/t4-,5?,6?,7?/m0/s1. The molecule has 4 unspecified atom stereocenters. The van der Waals surface area contributed by atoms with Crippen LogP contribution in [0.1, 0.15) is 19.8 Å². The number of hydrogen-bond donors (Lipinski definition) is 0. The van der Waals surface area contributed by atoms with Crippen molar-refractivity contribution in [2.45, 2.75) is 37.4 Å². The number of rotatable bonds is 0. The van der Waals surface area contributed by atoms with Gasteiger partial charge in [-0.15, -0.1) is 9.24 Å². The minimum atomic E-state index is -0.589. The first-order valence-electron chi connectivity index (χ1n) is 4.02. The molecule has 0 aromatic heterocycles. The average Bonchev–Trinajstić information content (AvgIpc) is 1.93. The summed E-state index contributed by atoms with van der Waals surface area (Å²) in [6, 6.07) is 0. The molecule has 0 aliphatic heterocycles. The summed E-state index contributed by atoms with van der Waals surface area (Å²) in [5.41, 5.74) is 0.214. The van der Waals surface area contributed by atoms with Crippen LogP contribution in [0.3, 0.4) is 0 Å². The maximum Gasteiger partial charge on any atom is 0.109 e. The van der Waals surface area contributed by atoms with Crippen molar-refractivity contribution in [2.75, 3.05) is 0 Å². The monoisotopic (exact) mass is 160 g/mol. The molecule has 0 spiro atoms. The predicted octanol–water partition coefficient (Wildman–Crippen LogP) is 1.42. The molecule has 0 aromatic carbocycles. The topological polar surface area (TPSA) is 0 Å². The lowest BCUT2D eigenvalue weighted by atomic mass is 9.67. The van der Waals surface area contributed by atoms with Crippen molar-refractivity contribution < 1.29 is 4.39 Å². The van der Waals surface area contributed by atoms with Crippen molar-refractivity contribution in [3.63, 3.8) is 0 Å². The Morgan fingerprint density at radius 3 is 2.60 bits per heavy atom. The van der Waals surface area contributed by atoms with Crippen LogP contribution in [-0.2, 0) is 0 Å². The van der Waals surface area contributed by atoms with E-state index < -0.39 is 6.17 Å². The molecule has 0 radical (unpaired) electrons. The highest BCUT2D eigenvalue weighted by Gasteiger charge is 2.31. The summed E-state index contributed by atoms with van der Waals surface area (Å²) < 4.78 is 13.2. The van der Waals surface area contributed by atoms with Gasteiger partial charge in [0.2, 0.25) is 0 Å². The van der Waals surface area contributed by atoms with Crippen molar-refractivity contribution in [3.05, 3.63) is 0 Å². The molecule has 10 heavy (non-hydrogen) atoms. The Morgan fingerprint density at radius 1 is 1.50 bits per heavy atom. The first-order chi connectivity index (χ1) is 4.63. The van der Waals surface area contributed by atoms with E-state index in [0.29, 0.717) is 5.92 Å². The van der Waals surface area contributed by atoms with Gasteiger partial charge in [-0.25, -0.2) is 4.39 Å². The Hall–Kier alpha value is 0.425. The Bertz CT molecular complexity index is 106. The van der Waals surface area contributed by atoms with Gasteiger partial charge < -0.3 is 0 Å². The summed E-state index contributed by atoms with van der Waals surface area (Å²) in [4.78, 5) is 0. The van der Waals surface area contributed by atoms with E-state index in [4.69, 9.17) is 0 Å². The lowest BCUT2D eigenvalue weighted by Gasteiger charge is -2.33. The van der Waals surface area contributed by atoms with Gasteiger partial charge in [0.1, 0.15) is 14.0 Å². The molecule has 1 saturated carbocycles. The zero-order valence-electron chi connectivity index (χ0n) is 6.68. The Kier molecular flexibility index (Phi) is 2.74. The molecule has 5 atom stereocenters. The van der Waals surface area contributed by atoms with E-state index in [9.17, 15) is 4.39 Å². The average molecular weight is 160 g/mol. The van der Waals surface area contributed by atoms with Gasteiger partial charge in [-0.1, -0.05) is 13.3 Å². The van der Waals surface area contributed by atoms with Crippen molar-refractivity contribution in [2.24, 2.45) is 5.92 Å². The van der Waals surface area contributed by atoms with Crippen molar-refractivity contribution in [1.82, 2.24) is 0 Å². The molecular formula is C7H15BFP. The van der Waals surface area contributed by atoms with Crippen LogP contribution < -0.4 is 0 Å². The Labute approximate surface area is 65.6 Å². The van der Waals surface area contributed by atoms with Crippen LogP contribution in [0, 0.1) is 5.92 Å². The summed E-state index contributed by atoms with van der Waals surface area (Å²) in [6.45, 7) is 2.15. The second-order valence-corrected chi connectivity index (χ2v) is 4.38. The van der Waals surface area contributed by atoms with Gasteiger partial charge >= 0.3 is 0 Å². The Balaban J connectivity index is 2.52. The van der Waals surface area contributed by atoms with Crippen LogP contribution in [0.2, 0.25) is 5.82 Å². The third-order valence-electron chi connectivity index (χ3n) is 2.76. The fourth-order valence-electron chi connectivity index (χ4n) is 1.58. The van der Waals surface area contributed by atoms with Gasteiger partial charge in [0.25, 0.3) is 0 Å². The molecule has 0 bridgehead atoms. The molecule has 3 heteroatoms. The molecule has 0 N–H and O–H groups in total. The van der Waals surface area contributed by atoms with E-state index in [1.165, 1.54) is 6.42 Å². The summed E-state index contributed by atoms with van der Waals surface area (Å²) in [5.74, 6) is 0.836. The van der Waals surface area contributed by atoms with Crippen LogP contribution >= 0.6 is 9.24 Å². The van der Waals surface area contributed by atoms with Crippen molar-refractivity contribution >= 4 is 17.1 Å². The second-order valence-electron chi connectivity index (χ2n) is 3.52. The van der Waals surface area contributed by atoms with E-state index in [1.807, 2.05) is 7.85 Å². The summed E-state index contributed by atoms with van der Waals surface area (Å²) in [7, 11) is 4.63. The normalized spacial score (nSPS) is 49.1. The summed E-state index contributed by atoms with van der Waals surface area (Å²) in [6.07, 6.45) is 1.64. The number of hydrogen-bond acceptors (Lipinski definition) is 0. The molecule has 1 aliphatic carbocycles. The number of alkyl halides is 1. The lowest BCUT2D eigenvalue weighted by molar-refractivity contribution is 0.217. The van der Waals surface area contributed by atoms with Gasteiger partial charge in [0.05, 0.1) is 0 Å². The third kappa shape index (κ3) is 1.53. The molecule has 58 valence electrons. The summed E-state index contributed by atoms with van der Waals surface area (Å²) in [5, 5.41) is 0. The smallest absolute Gasteiger partial charge is 0.109 e. The van der Waals surface area contributed by atoms with Crippen LogP contribution in [0.25, 0.3) is 0 Å². The van der Waals surface area contributed by atoms with Crippen LogP contribution in [0.5, 0.6) is 0 Å². The van der Waals surface area contributed by atoms with E-state index >= 15 is 0 Å². The Morgan fingerprint density at radius 2 is 2.10 bits per heavy atom. The van der Waals surface area contributed by atoms with Gasteiger partial charge in [-0.3, -0.25) is 0 Å². The highest BCUT2D eigenvalue weighted by molar-refractivity contribution is 7.17. The third-order valence-corrected chi connectivity index (χ3v) is 3.47. The van der Waals surface area contributed by atoms with Gasteiger partial charge in [-0.2, -0.15) is 0 Å². The zero-order valence-corrected chi connectivity index (χ0v) is 7.83. The predicted molar refractivity (Wildman–Crippen MR) is 49.1 cm³/mol.